The minimum atomic E-state index is -1.21. The van der Waals surface area contributed by atoms with Crippen molar-refractivity contribution in [1.82, 2.24) is 0 Å². The second-order valence-corrected chi connectivity index (χ2v) is 5.85. The highest BCUT2D eigenvalue weighted by molar-refractivity contribution is 5.71. The Bertz CT molecular complexity index is 456. The summed E-state index contributed by atoms with van der Waals surface area (Å²) in [5, 5.41) is 17.7. The van der Waals surface area contributed by atoms with Crippen molar-refractivity contribution in [3.63, 3.8) is 0 Å². The van der Waals surface area contributed by atoms with Gasteiger partial charge in [-0.25, -0.2) is 4.79 Å². The first-order valence-electron chi connectivity index (χ1n) is 9.34. The van der Waals surface area contributed by atoms with E-state index in [1.807, 2.05) is 0 Å². The van der Waals surface area contributed by atoms with E-state index in [9.17, 15) is 4.79 Å². The minimum Gasteiger partial charge on any atom is -0.479 e. The number of carboxylic acids is 1. The molecule has 0 saturated carbocycles. The average molecular weight is 347 g/mol. The molecule has 140 valence electrons. The summed E-state index contributed by atoms with van der Waals surface area (Å²) in [5.41, 5.74) is 0. The molecule has 0 aliphatic rings. The van der Waals surface area contributed by atoms with Crippen molar-refractivity contribution in [2.75, 3.05) is 0 Å². The van der Waals surface area contributed by atoms with Crippen LogP contribution in [0.25, 0.3) is 0 Å². The highest BCUT2D eigenvalue weighted by Gasteiger charge is 2.11. The molecule has 2 N–H and O–H groups in total. The van der Waals surface area contributed by atoms with Crippen LogP contribution in [-0.4, -0.2) is 22.3 Å². The fraction of sp³-hybridized carbons (Fsp3) is 0.500. The van der Waals surface area contributed by atoms with Gasteiger partial charge in [0.25, 0.3) is 0 Å². The van der Waals surface area contributed by atoms with E-state index in [2.05, 4.69) is 67.7 Å². The topological polar surface area (TPSA) is 57.5 Å². The van der Waals surface area contributed by atoms with Crippen LogP contribution in [0.4, 0.5) is 0 Å². The van der Waals surface area contributed by atoms with Crippen LogP contribution in [0.5, 0.6) is 0 Å². The average Bonchev–Trinajstić information content (AvgIpc) is 2.60. The zero-order valence-corrected chi connectivity index (χ0v) is 15.5. The smallest absolute Gasteiger partial charge is 0.332 e. The molecule has 25 heavy (non-hydrogen) atoms. The number of aliphatic hydroxyl groups is 1. The van der Waals surface area contributed by atoms with Gasteiger partial charge in [0.1, 0.15) is 0 Å². The van der Waals surface area contributed by atoms with Crippen molar-refractivity contribution in [3.8, 4) is 0 Å². The summed E-state index contributed by atoms with van der Waals surface area (Å²) in [6.07, 6.45) is 28.4. The largest absolute Gasteiger partial charge is 0.479 e. The molecular formula is C22H34O3. The van der Waals surface area contributed by atoms with Crippen LogP contribution in [0.2, 0.25) is 0 Å². The number of hydrogen-bond acceptors (Lipinski definition) is 2. The SMILES string of the molecule is CC/C=C\C/C=C\C/C=C\C/C=C\C/C=C\CCCCC(O)C(=O)O. The Morgan fingerprint density at radius 1 is 0.760 bits per heavy atom. The number of rotatable bonds is 15. The highest BCUT2D eigenvalue weighted by atomic mass is 16.4. The van der Waals surface area contributed by atoms with Gasteiger partial charge < -0.3 is 10.2 Å². The van der Waals surface area contributed by atoms with Gasteiger partial charge in [-0.2, -0.15) is 0 Å². The molecule has 0 aliphatic heterocycles. The van der Waals surface area contributed by atoms with Crippen molar-refractivity contribution >= 4 is 5.97 Å². The summed E-state index contributed by atoms with van der Waals surface area (Å²) >= 11 is 0. The van der Waals surface area contributed by atoms with Gasteiger partial charge in [0.05, 0.1) is 0 Å². The number of aliphatic carboxylic acids is 1. The number of allylic oxidation sites excluding steroid dienone is 10. The Balaban J connectivity index is 3.49. The van der Waals surface area contributed by atoms with Crippen molar-refractivity contribution in [3.05, 3.63) is 60.8 Å². The normalized spacial score (nSPS) is 14.0. The van der Waals surface area contributed by atoms with Gasteiger partial charge in [-0.3, -0.25) is 0 Å². The summed E-state index contributed by atoms with van der Waals surface area (Å²) in [6, 6.07) is 0. The predicted molar refractivity (Wildman–Crippen MR) is 107 cm³/mol. The first kappa shape index (κ1) is 23.1. The van der Waals surface area contributed by atoms with E-state index in [1.54, 1.807) is 0 Å². The summed E-state index contributed by atoms with van der Waals surface area (Å²) < 4.78 is 0. The first-order valence-corrected chi connectivity index (χ1v) is 9.34. The van der Waals surface area contributed by atoms with Gasteiger partial charge in [0.2, 0.25) is 0 Å². The van der Waals surface area contributed by atoms with E-state index in [0.717, 1.165) is 51.4 Å². The molecule has 0 aromatic heterocycles. The quantitative estimate of drug-likeness (QED) is 0.293. The molecular weight excluding hydrogens is 312 g/mol. The maximum Gasteiger partial charge on any atom is 0.332 e. The Hall–Kier alpha value is -1.87. The summed E-state index contributed by atoms with van der Waals surface area (Å²) in [4.78, 5) is 10.4. The molecule has 1 unspecified atom stereocenters. The zero-order chi connectivity index (χ0) is 18.6. The number of aliphatic hydroxyl groups excluding tert-OH is 1. The van der Waals surface area contributed by atoms with Gasteiger partial charge in [-0.1, -0.05) is 67.7 Å². The van der Waals surface area contributed by atoms with Crippen LogP contribution in [0, 0.1) is 0 Å². The van der Waals surface area contributed by atoms with E-state index in [0.29, 0.717) is 6.42 Å². The third-order valence-corrected chi connectivity index (χ3v) is 3.54. The maximum absolute atomic E-state index is 10.4. The second-order valence-electron chi connectivity index (χ2n) is 5.85. The number of unbranched alkanes of at least 4 members (excludes halogenated alkanes) is 2. The summed E-state index contributed by atoms with van der Waals surface area (Å²) in [6.45, 7) is 2.14. The molecule has 0 spiro atoms. The molecule has 0 bridgehead atoms. The number of hydrogen-bond donors (Lipinski definition) is 2. The third kappa shape index (κ3) is 18.3. The second kappa shape index (κ2) is 18.5. The first-order chi connectivity index (χ1) is 12.2. The maximum atomic E-state index is 10.4. The van der Waals surface area contributed by atoms with Gasteiger partial charge in [-0.15, -0.1) is 0 Å². The van der Waals surface area contributed by atoms with Crippen molar-refractivity contribution < 1.29 is 15.0 Å². The van der Waals surface area contributed by atoms with E-state index < -0.39 is 12.1 Å². The van der Waals surface area contributed by atoms with Crippen molar-refractivity contribution in [1.29, 1.82) is 0 Å². The Morgan fingerprint density at radius 3 is 1.64 bits per heavy atom. The number of carbonyl (C=O) groups is 1. The van der Waals surface area contributed by atoms with Gasteiger partial charge in [0, 0.05) is 0 Å². The summed E-state index contributed by atoms with van der Waals surface area (Å²) in [7, 11) is 0. The summed E-state index contributed by atoms with van der Waals surface area (Å²) in [5.74, 6) is -1.13. The van der Waals surface area contributed by atoms with Gasteiger partial charge in [0.15, 0.2) is 6.10 Å². The molecule has 0 amide bonds. The molecule has 1 atom stereocenters. The molecule has 0 saturated heterocycles. The van der Waals surface area contributed by atoms with E-state index in [1.165, 1.54) is 0 Å². The van der Waals surface area contributed by atoms with E-state index in [-0.39, 0.29) is 0 Å². The monoisotopic (exact) mass is 346 g/mol. The van der Waals surface area contributed by atoms with Crippen LogP contribution in [0.1, 0.15) is 64.7 Å². The Morgan fingerprint density at radius 2 is 1.20 bits per heavy atom. The van der Waals surface area contributed by atoms with Crippen molar-refractivity contribution in [2.24, 2.45) is 0 Å². The molecule has 3 nitrogen and oxygen atoms in total. The lowest BCUT2D eigenvalue weighted by atomic mass is 10.1. The molecule has 0 radical (unpaired) electrons. The Kier molecular flexibility index (Phi) is 17.1. The standard InChI is InChI=1S/C22H34O3/c1-2-3-4-5-6-7-8-9-10-11-12-13-14-15-16-17-18-19-20-21(23)22(24)25/h3-4,6-7,9-10,12-13,15-16,21,23H,2,5,8,11,14,17-20H2,1H3,(H,24,25)/b4-3-,7-6-,10-9-,13-12-,16-15-. The zero-order valence-electron chi connectivity index (χ0n) is 15.5. The predicted octanol–water partition coefficient (Wildman–Crippen LogP) is 5.74. The molecule has 0 heterocycles. The number of carboxylic acid groups (broad SMARTS) is 1. The van der Waals surface area contributed by atoms with Crippen LogP contribution in [0.15, 0.2) is 60.8 Å². The highest BCUT2D eigenvalue weighted by Crippen LogP contribution is 2.05. The minimum absolute atomic E-state index is 0.333. The molecule has 0 fully saturated rings. The lowest BCUT2D eigenvalue weighted by molar-refractivity contribution is -0.146. The lowest BCUT2D eigenvalue weighted by Crippen LogP contribution is -2.18. The fourth-order valence-electron chi connectivity index (χ4n) is 2.09. The van der Waals surface area contributed by atoms with Crippen molar-refractivity contribution in [2.45, 2.75) is 70.8 Å². The van der Waals surface area contributed by atoms with E-state index >= 15 is 0 Å². The molecule has 0 rings (SSSR count). The molecule has 0 aromatic carbocycles. The van der Waals surface area contributed by atoms with Gasteiger partial charge >= 0.3 is 5.97 Å². The van der Waals surface area contributed by atoms with Crippen LogP contribution < -0.4 is 0 Å². The van der Waals surface area contributed by atoms with Crippen LogP contribution in [0.3, 0.4) is 0 Å². The molecule has 3 heteroatoms. The van der Waals surface area contributed by atoms with Crippen LogP contribution in [-0.2, 0) is 4.79 Å². The fourth-order valence-corrected chi connectivity index (χ4v) is 2.09. The van der Waals surface area contributed by atoms with E-state index in [4.69, 9.17) is 10.2 Å². The molecule has 0 aliphatic carbocycles. The van der Waals surface area contributed by atoms with Gasteiger partial charge in [-0.05, 0) is 57.8 Å². The third-order valence-electron chi connectivity index (χ3n) is 3.54. The van der Waals surface area contributed by atoms with Crippen LogP contribution >= 0.6 is 0 Å². The lowest BCUT2D eigenvalue weighted by Gasteiger charge is -2.03. The Labute approximate surface area is 153 Å². The molecule has 0 aromatic rings.